The Bertz CT molecular complexity index is 4960. The fourth-order valence-corrected chi connectivity index (χ4v) is 11.8. The SMILES string of the molecule is c1c[nH]cn1.c1cc2sccc2s1.c1cc[nH]c1.c1ccc2[nH]ccc2c1.c1ccc2[nH]cnc2c1.c1ccc2nccnc2c1.c1ccc2sccc2c1.c1ccncc1.c1ccnnc1.c1ccoc1.c1ccsc1.c1cn[nH]c1.c1cnccn1.c1cncnc1.c1cncnc1.c1cncnc1.c1cnoc1.c1cnsc1.c1cocn1.c1cscn1.c1nc[nH]n1. The summed E-state index contributed by atoms with van der Waals surface area (Å²) in [5, 5.41) is 39.5. The van der Waals surface area contributed by atoms with Crippen molar-refractivity contribution >= 4 is 121 Å². The summed E-state index contributed by atoms with van der Waals surface area (Å²) in [4.78, 5) is 71.8. The zero-order valence-electron chi connectivity index (χ0n) is 70.0. The molecule has 131 heavy (non-hydrogen) atoms. The molecule has 0 unspecified atom stereocenters. The van der Waals surface area contributed by atoms with Crippen LogP contribution in [0, 0.1) is 0 Å². The molecule has 22 aromatic heterocycles. The lowest BCUT2D eigenvalue weighted by molar-refractivity contribution is 0.420. The minimum absolute atomic E-state index is 0.949. The normalized spacial score (nSPS) is 8.76. The highest BCUT2D eigenvalue weighted by Gasteiger charge is 1.93. The highest BCUT2D eigenvalue weighted by molar-refractivity contribution is 7.25. The van der Waals surface area contributed by atoms with E-state index in [-0.39, 0.29) is 0 Å². The molecule has 0 spiro atoms. The predicted molar refractivity (Wildman–Crippen MR) is 524 cm³/mol. The van der Waals surface area contributed by atoms with Crippen molar-refractivity contribution < 1.29 is 13.4 Å². The Kier molecular flexibility index (Phi) is 61.8. The number of H-pyrrole nitrogens is 6. The van der Waals surface area contributed by atoms with Gasteiger partial charge in [0.2, 0.25) is 0 Å². The van der Waals surface area contributed by atoms with Crippen LogP contribution in [0.3, 0.4) is 0 Å². The first-order valence-corrected chi connectivity index (χ1v) is 43.9. The van der Waals surface area contributed by atoms with Gasteiger partial charge in [-0.3, -0.25) is 40.1 Å². The largest absolute Gasteiger partial charge is 0.473 e. The maximum atomic E-state index is 4.58. The molecule has 6 N–H and O–H groups in total. The predicted octanol–water partition coefficient (Wildman–Crippen LogP) is 23.0. The third-order valence-electron chi connectivity index (χ3n) is 13.4. The number of aromatic amines is 6. The lowest BCUT2D eigenvalue weighted by atomic mass is 10.3. The van der Waals surface area contributed by atoms with Crippen LogP contribution in [0.1, 0.15) is 0 Å². The van der Waals surface area contributed by atoms with Gasteiger partial charge in [-0.25, -0.2) is 54.2 Å². The first-order valence-electron chi connectivity index (χ1n) is 38.6. The molecule has 31 nitrogen and oxygen atoms in total. The van der Waals surface area contributed by atoms with Crippen LogP contribution < -0.4 is 0 Å². The van der Waals surface area contributed by atoms with Gasteiger partial charge in [-0.15, -0.1) is 45.3 Å². The zero-order chi connectivity index (χ0) is 91.3. The van der Waals surface area contributed by atoms with Crippen molar-refractivity contribution in [2.75, 3.05) is 0 Å². The first kappa shape index (κ1) is 103. The van der Waals surface area contributed by atoms with E-state index in [0.717, 1.165) is 22.1 Å². The van der Waals surface area contributed by atoms with Crippen molar-refractivity contribution in [3.05, 3.63) is 511 Å². The van der Waals surface area contributed by atoms with Crippen molar-refractivity contribution in [3.8, 4) is 0 Å². The maximum absolute atomic E-state index is 4.58. The molecule has 0 bridgehead atoms. The number of pyridine rings is 1. The average Bonchev–Trinajstić information content (AvgIpc) is 1.57. The second-order valence-electron chi connectivity index (χ2n) is 22.5. The number of thiazole rings is 1. The van der Waals surface area contributed by atoms with Crippen LogP contribution >= 0.6 is 68.2 Å². The quantitative estimate of drug-likeness (QED) is 0.0821. The number of hydrogen-bond acceptors (Lipinski definition) is 31. The van der Waals surface area contributed by atoms with Gasteiger partial charge in [-0.2, -0.15) is 31.7 Å². The molecule has 0 saturated carbocycles. The molecule has 0 radical (unpaired) electrons. The number of aromatic nitrogens is 28. The Morgan fingerprint density at radius 1 is 0.260 bits per heavy atom. The summed E-state index contributed by atoms with van der Waals surface area (Å²) in [6.07, 6.45) is 64.6. The molecule has 0 aliphatic rings. The van der Waals surface area contributed by atoms with Crippen LogP contribution in [0.5, 0.6) is 0 Å². The molecule has 26 rings (SSSR count). The maximum Gasteiger partial charge on any atom is 0.180 e. The number of imidazole rings is 2. The smallest absolute Gasteiger partial charge is 0.180 e. The summed E-state index contributed by atoms with van der Waals surface area (Å²) in [6.45, 7) is 0. The van der Waals surface area contributed by atoms with E-state index in [1.165, 1.54) is 92.5 Å². The molecule has 0 fully saturated rings. The summed E-state index contributed by atoms with van der Waals surface area (Å²) >= 11 is 10.2. The van der Waals surface area contributed by atoms with Crippen LogP contribution in [-0.4, -0.2) is 140 Å². The van der Waals surface area contributed by atoms with E-state index in [0.29, 0.717) is 0 Å². The third-order valence-corrected chi connectivity index (χ3v) is 17.9. The number of para-hydroxylation sites is 5. The van der Waals surface area contributed by atoms with Crippen molar-refractivity contribution in [1.82, 2.24) is 140 Å². The summed E-state index contributed by atoms with van der Waals surface area (Å²) in [6, 6.07) is 72.6. The van der Waals surface area contributed by atoms with E-state index in [1.807, 2.05) is 180 Å². The lowest BCUT2D eigenvalue weighted by Gasteiger charge is -1.90. The van der Waals surface area contributed by atoms with Crippen LogP contribution in [0.2, 0.25) is 0 Å². The van der Waals surface area contributed by atoms with E-state index >= 15 is 0 Å². The minimum atomic E-state index is 0.949. The zero-order valence-corrected chi connectivity index (χ0v) is 74.9. The van der Waals surface area contributed by atoms with Crippen LogP contribution in [0.4, 0.5) is 0 Å². The van der Waals surface area contributed by atoms with E-state index in [2.05, 4.69) is 230 Å². The molecule has 0 amide bonds. The molecular formula is C94H90N28O3S6. The highest BCUT2D eigenvalue weighted by Crippen LogP contribution is 2.25. The van der Waals surface area contributed by atoms with E-state index in [1.54, 1.807) is 260 Å². The Morgan fingerprint density at radius 3 is 1.20 bits per heavy atom. The molecule has 37 heteroatoms. The number of fused-ring (bicyclic) bond motifs is 5. The van der Waals surface area contributed by atoms with Gasteiger partial charge in [0.05, 0.1) is 65.2 Å². The fraction of sp³-hybridized carbons (Fsp3) is 0. The summed E-state index contributed by atoms with van der Waals surface area (Å²) < 4.78 is 21.3. The second kappa shape index (κ2) is 78.8. The Labute approximate surface area is 778 Å². The van der Waals surface area contributed by atoms with Crippen molar-refractivity contribution in [1.29, 1.82) is 0 Å². The van der Waals surface area contributed by atoms with Crippen LogP contribution in [-0.2, 0) is 0 Å². The third kappa shape index (κ3) is 58.6. The number of hydrogen-bond donors (Lipinski definition) is 6. The summed E-state index contributed by atoms with van der Waals surface area (Å²) in [7, 11) is 0. The van der Waals surface area contributed by atoms with Gasteiger partial charge in [0.25, 0.3) is 0 Å². The van der Waals surface area contributed by atoms with Crippen molar-refractivity contribution in [2.45, 2.75) is 0 Å². The Hall–Kier alpha value is -17.1. The van der Waals surface area contributed by atoms with Gasteiger partial charge in [-0.1, -0.05) is 84.0 Å². The average molecular weight is 1850 g/mol. The fourth-order valence-electron chi connectivity index (χ4n) is 8.00. The number of rotatable bonds is 0. The topological polar surface area (TPSA) is 418 Å². The number of oxazole rings is 1. The Balaban J connectivity index is 0.000000213. The Morgan fingerprint density at radius 2 is 0.863 bits per heavy atom. The summed E-state index contributed by atoms with van der Waals surface area (Å²) in [5.41, 5.74) is 7.02. The lowest BCUT2D eigenvalue weighted by Crippen LogP contribution is -1.78. The molecule has 0 aliphatic heterocycles. The van der Waals surface area contributed by atoms with Gasteiger partial charge < -0.3 is 33.3 Å². The molecule has 22 heterocycles. The minimum Gasteiger partial charge on any atom is -0.473 e. The van der Waals surface area contributed by atoms with Crippen LogP contribution in [0.25, 0.3) is 52.5 Å². The number of furan rings is 1. The number of nitrogens with zero attached hydrogens (tertiary/aromatic N) is 22. The first-order chi connectivity index (χ1) is 65.3. The molecule has 660 valence electrons. The molecule has 26 aromatic rings. The van der Waals surface area contributed by atoms with Crippen molar-refractivity contribution in [3.63, 3.8) is 0 Å². The van der Waals surface area contributed by atoms with E-state index < -0.39 is 0 Å². The van der Waals surface area contributed by atoms with Gasteiger partial charge in [0, 0.05) is 185 Å². The molecule has 0 atom stereocenters. The van der Waals surface area contributed by atoms with Gasteiger partial charge in [0.1, 0.15) is 44.2 Å². The number of benzene rings is 4. The monoisotopic (exact) mass is 1850 g/mol. The molecule has 0 saturated heterocycles. The van der Waals surface area contributed by atoms with Gasteiger partial charge in [-0.05, 0) is 195 Å². The van der Waals surface area contributed by atoms with Crippen LogP contribution in [0.15, 0.2) is 524 Å². The number of nitrogens with one attached hydrogen (secondary N) is 6. The molecule has 4 aromatic carbocycles. The number of thiophene rings is 4. The van der Waals surface area contributed by atoms with Gasteiger partial charge in [0.15, 0.2) is 6.39 Å². The van der Waals surface area contributed by atoms with Gasteiger partial charge >= 0.3 is 0 Å². The highest BCUT2D eigenvalue weighted by atomic mass is 32.1. The van der Waals surface area contributed by atoms with E-state index in [9.17, 15) is 0 Å². The standard InChI is InChI=1S/C8H6N2.C8H7N.C8H6S.C7H6N2.C6H4S2.C5H5N.5C4H4N2.C4H5N.C4H4O.C4H4S.2C3H4N2.2C3H3NO.2C3H3NS.C2H3N3/c1-2-4-8-7(3-1)9-5-6-10-8;2*1-2-4-8-7(3-1)5-6-9-8;1-2-4-7-6(3-1)8-5-9-7;1-3-7-6-2-4-8-5(1)6;1-2-4-6-5-3-1;1-2-6-4-3-5-1;3*1-2-5-4-6-3-1;1-2-4-6-5-3-1;3*1-2-4-5-3-1;1-2-5-3-4-1;1-2-4-5-3-1;1-2-5-3-4-1;1-2-4-5-3-1;1-2-5-3-4-1;1-2-4-5-3-1;1-3-2-5-4-1/h1-6H;1-6,9H;1-6H;1-5H,(H,8,9);1-4H;1-5H;5*1-4H;1-5H;2*1-4H;2*1-3H,(H,4,5);4*1-3H;1-2H,(H,3,4,5). The molecule has 0 aliphatic carbocycles. The second-order valence-corrected chi connectivity index (χ2v) is 27.6. The summed E-state index contributed by atoms with van der Waals surface area (Å²) in [5.74, 6) is 0. The van der Waals surface area contributed by atoms with E-state index in [4.69, 9.17) is 0 Å². The van der Waals surface area contributed by atoms with Crippen molar-refractivity contribution in [2.24, 2.45) is 0 Å². The molecular weight excluding hydrogens is 1760 g/mol.